The van der Waals surface area contributed by atoms with E-state index in [2.05, 4.69) is 27.5 Å². The molecule has 1 atom stereocenters. The van der Waals surface area contributed by atoms with Crippen molar-refractivity contribution in [3.05, 3.63) is 10.1 Å². The average molecular weight is 224 g/mol. The Hall–Kier alpha value is 0.0300. The molecule has 0 aliphatic rings. The standard InChI is InChI=1S/C2HBrClF2NO2/c3-1(4)2(5,6)7(8)9/h1H. The van der Waals surface area contributed by atoms with Crippen molar-refractivity contribution in [2.45, 2.75) is 10.3 Å². The molecule has 0 radical (unpaired) electrons. The van der Waals surface area contributed by atoms with Gasteiger partial charge in [0.2, 0.25) is 4.29 Å². The molecule has 9 heavy (non-hydrogen) atoms. The molecule has 0 aromatic carbocycles. The third-order valence-corrected chi connectivity index (χ3v) is 1.32. The van der Waals surface area contributed by atoms with Crippen molar-refractivity contribution in [1.82, 2.24) is 0 Å². The Labute approximate surface area is 62.3 Å². The van der Waals surface area contributed by atoms with E-state index in [4.69, 9.17) is 0 Å². The van der Waals surface area contributed by atoms with Gasteiger partial charge in [-0.15, -0.1) is 8.78 Å². The summed E-state index contributed by atoms with van der Waals surface area (Å²) in [6.07, 6.45) is 0. The third kappa shape index (κ3) is 2.02. The monoisotopic (exact) mass is 223 g/mol. The molecule has 0 aromatic heterocycles. The van der Waals surface area contributed by atoms with Gasteiger partial charge < -0.3 is 0 Å². The van der Waals surface area contributed by atoms with Gasteiger partial charge in [-0.05, 0) is 0 Å². The highest BCUT2D eigenvalue weighted by Crippen LogP contribution is 2.27. The SMILES string of the molecule is O=[N+]([O-])C(F)(F)C(Cl)Br. The highest BCUT2D eigenvalue weighted by Gasteiger charge is 2.50. The van der Waals surface area contributed by atoms with Crippen LogP contribution in [0.15, 0.2) is 0 Å². The number of nitrogens with zero attached hydrogens (tertiary/aromatic N) is 1. The van der Waals surface area contributed by atoms with Crippen LogP contribution < -0.4 is 0 Å². The van der Waals surface area contributed by atoms with Gasteiger partial charge in [0.25, 0.3) is 0 Å². The fourth-order valence-electron chi connectivity index (χ4n) is 0.0797. The van der Waals surface area contributed by atoms with Crippen molar-refractivity contribution in [2.24, 2.45) is 0 Å². The smallest absolute Gasteiger partial charge is 0.259 e. The van der Waals surface area contributed by atoms with Crippen molar-refractivity contribution in [2.75, 3.05) is 0 Å². The lowest BCUT2D eigenvalue weighted by atomic mass is 10.7. The second-order valence-corrected chi connectivity index (χ2v) is 3.02. The zero-order chi connectivity index (χ0) is 7.65. The molecule has 0 aliphatic carbocycles. The summed E-state index contributed by atoms with van der Waals surface area (Å²) in [7, 11) is 0. The molecule has 0 amide bonds. The summed E-state index contributed by atoms with van der Waals surface area (Å²) in [5.41, 5.74) is 0. The number of nitro groups is 1. The lowest BCUT2D eigenvalue weighted by molar-refractivity contribution is -0.638. The number of alkyl halides is 4. The molecule has 1 unspecified atom stereocenters. The van der Waals surface area contributed by atoms with Crippen molar-refractivity contribution in [3.8, 4) is 0 Å². The number of halogens is 4. The van der Waals surface area contributed by atoms with E-state index in [0.717, 1.165) is 0 Å². The summed E-state index contributed by atoms with van der Waals surface area (Å²) in [6.45, 7) is 0. The zero-order valence-corrected chi connectivity index (χ0v) is 6.19. The Morgan fingerprint density at radius 3 is 2.11 bits per heavy atom. The summed E-state index contributed by atoms with van der Waals surface area (Å²) in [6, 6.07) is -4.10. The summed E-state index contributed by atoms with van der Waals surface area (Å²) in [5.74, 6) is 0. The van der Waals surface area contributed by atoms with Gasteiger partial charge >= 0.3 is 6.05 Å². The van der Waals surface area contributed by atoms with Crippen molar-refractivity contribution in [3.63, 3.8) is 0 Å². The van der Waals surface area contributed by atoms with Crippen LogP contribution in [-0.4, -0.2) is 15.3 Å². The van der Waals surface area contributed by atoms with Crippen LogP contribution in [0, 0.1) is 10.1 Å². The predicted octanol–water partition coefficient (Wildman–Crippen LogP) is 1.82. The second kappa shape index (κ2) is 2.74. The van der Waals surface area contributed by atoms with Crippen molar-refractivity contribution >= 4 is 27.5 Å². The first kappa shape index (κ1) is 9.03. The highest BCUT2D eigenvalue weighted by molar-refractivity contribution is 9.10. The first-order valence-corrected chi connectivity index (χ1v) is 3.04. The predicted molar refractivity (Wildman–Crippen MR) is 30.5 cm³/mol. The molecule has 0 spiro atoms. The van der Waals surface area contributed by atoms with Crippen molar-refractivity contribution < 1.29 is 13.7 Å². The summed E-state index contributed by atoms with van der Waals surface area (Å²) >= 11 is 6.86. The zero-order valence-electron chi connectivity index (χ0n) is 3.85. The highest BCUT2D eigenvalue weighted by atomic mass is 79.9. The molecule has 0 saturated carbocycles. The number of hydrogen-bond donors (Lipinski definition) is 0. The van der Waals surface area contributed by atoms with E-state index in [0.29, 0.717) is 0 Å². The van der Waals surface area contributed by atoms with Gasteiger partial charge in [0, 0.05) is 0 Å². The maximum absolute atomic E-state index is 11.8. The van der Waals surface area contributed by atoms with Crippen LogP contribution in [0.1, 0.15) is 0 Å². The summed E-state index contributed by atoms with van der Waals surface area (Å²) in [4.78, 5) is 7.65. The van der Waals surface area contributed by atoms with Crippen LogP contribution >= 0.6 is 27.5 Å². The molecule has 54 valence electrons. The van der Waals surface area contributed by atoms with E-state index < -0.39 is 15.3 Å². The lowest BCUT2D eigenvalue weighted by Crippen LogP contribution is -2.34. The molecule has 0 saturated heterocycles. The van der Waals surface area contributed by atoms with E-state index in [1.54, 1.807) is 0 Å². The second-order valence-electron chi connectivity index (χ2n) is 1.15. The molecule has 7 heteroatoms. The van der Waals surface area contributed by atoms with Crippen LogP contribution in [0.5, 0.6) is 0 Å². The molecule has 0 aromatic rings. The fraction of sp³-hybridized carbons (Fsp3) is 1.00. The minimum atomic E-state index is -4.10. The quantitative estimate of drug-likeness (QED) is 0.311. The van der Waals surface area contributed by atoms with Gasteiger partial charge in [-0.2, -0.15) is 0 Å². The van der Waals surface area contributed by atoms with Crippen LogP contribution in [-0.2, 0) is 0 Å². The maximum atomic E-state index is 11.8. The van der Waals surface area contributed by atoms with E-state index in [9.17, 15) is 18.9 Å². The summed E-state index contributed by atoms with van der Waals surface area (Å²) < 4.78 is 21.6. The van der Waals surface area contributed by atoms with Gasteiger partial charge in [-0.25, -0.2) is 0 Å². The molecule has 0 fully saturated rings. The molecule has 0 bridgehead atoms. The fourth-order valence-corrected chi connectivity index (χ4v) is 0.327. The topological polar surface area (TPSA) is 43.1 Å². The lowest BCUT2D eigenvalue weighted by Gasteiger charge is -2.05. The minimum Gasteiger partial charge on any atom is -0.259 e. The van der Waals surface area contributed by atoms with Crippen LogP contribution in [0.2, 0.25) is 0 Å². The average Bonchev–Trinajstić information content (AvgIpc) is 1.65. The minimum absolute atomic E-state index is 1.75. The Kier molecular flexibility index (Phi) is 2.75. The Bertz CT molecular complexity index is 130. The normalized spacial score (nSPS) is 15.1. The Morgan fingerprint density at radius 2 is 2.11 bits per heavy atom. The molecule has 3 nitrogen and oxygen atoms in total. The molecule has 0 rings (SSSR count). The third-order valence-electron chi connectivity index (χ3n) is 0.506. The van der Waals surface area contributed by atoms with Crippen LogP contribution in [0.4, 0.5) is 8.78 Å². The van der Waals surface area contributed by atoms with E-state index in [1.807, 2.05) is 0 Å². The Balaban J connectivity index is 4.19. The van der Waals surface area contributed by atoms with Gasteiger partial charge in [0.1, 0.15) is 0 Å². The van der Waals surface area contributed by atoms with Gasteiger partial charge in [0.05, 0.1) is 4.92 Å². The van der Waals surface area contributed by atoms with Gasteiger partial charge in [-0.1, -0.05) is 27.5 Å². The first-order chi connectivity index (χ1) is 3.89. The van der Waals surface area contributed by atoms with E-state index in [1.165, 1.54) is 0 Å². The van der Waals surface area contributed by atoms with E-state index in [-0.39, 0.29) is 0 Å². The molecule has 0 heterocycles. The van der Waals surface area contributed by atoms with E-state index >= 15 is 0 Å². The Morgan fingerprint density at radius 1 is 1.78 bits per heavy atom. The van der Waals surface area contributed by atoms with Gasteiger partial charge in [0.15, 0.2) is 0 Å². The van der Waals surface area contributed by atoms with Crippen LogP contribution in [0.3, 0.4) is 0 Å². The largest absolute Gasteiger partial charge is 0.537 e. The maximum Gasteiger partial charge on any atom is 0.537 e. The van der Waals surface area contributed by atoms with Crippen molar-refractivity contribution in [1.29, 1.82) is 0 Å². The first-order valence-electron chi connectivity index (χ1n) is 1.69. The van der Waals surface area contributed by atoms with Gasteiger partial charge in [-0.3, -0.25) is 10.1 Å². The molecule has 0 N–H and O–H groups in total. The molecular formula is C2HBrClF2NO2. The van der Waals surface area contributed by atoms with Crippen LogP contribution in [0.25, 0.3) is 0 Å². The molecular weight excluding hydrogens is 223 g/mol. The number of rotatable bonds is 2. The number of hydrogen-bond acceptors (Lipinski definition) is 2. The summed E-state index contributed by atoms with van der Waals surface area (Å²) in [5, 5.41) is 9.40. The molecule has 0 aliphatic heterocycles.